The van der Waals surface area contributed by atoms with E-state index in [0.29, 0.717) is 19.0 Å². The Morgan fingerprint density at radius 1 is 1.26 bits per heavy atom. The van der Waals surface area contributed by atoms with Gasteiger partial charge < -0.3 is 10.1 Å². The van der Waals surface area contributed by atoms with Crippen LogP contribution in [0.2, 0.25) is 0 Å². The van der Waals surface area contributed by atoms with E-state index in [4.69, 9.17) is 4.74 Å². The van der Waals surface area contributed by atoms with Gasteiger partial charge in [0, 0.05) is 13.1 Å². The first kappa shape index (κ1) is 14.7. The molecule has 0 amide bonds. The molecule has 0 bridgehead atoms. The van der Waals surface area contributed by atoms with Crippen molar-refractivity contribution in [1.29, 1.82) is 0 Å². The van der Waals surface area contributed by atoms with Gasteiger partial charge in [0.05, 0.1) is 12.8 Å². The molecule has 0 saturated carbocycles. The van der Waals surface area contributed by atoms with E-state index in [0.717, 1.165) is 32.4 Å². The van der Waals surface area contributed by atoms with Crippen LogP contribution in [0.4, 0.5) is 13.2 Å². The molecule has 19 heavy (non-hydrogen) atoms. The molecule has 2 rings (SSSR count). The van der Waals surface area contributed by atoms with Crippen LogP contribution >= 0.6 is 0 Å². The second-order valence-electron chi connectivity index (χ2n) is 5.37. The van der Waals surface area contributed by atoms with Gasteiger partial charge in [-0.1, -0.05) is 0 Å². The van der Waals surface area contributed by atoms with E-state index < -0.39 is 12.7 Å². The lowest BCUT2D eigenvalue weighted by Gasteiger charge is -2.21. The van der Waals surface area contributed by atoms with Crippen molar-refractivity contribution in [2.75, 3.05) is 32.7 Å². The number of rotatable bonds is 5. The largest absolute Gasteiger partial charge is 0.497 e. The van der Waals surface area contributed by atoms with Crippen molar-refractivity contribution < 1.29 is 17.9 Å². The molecule has 0 aromatic heterocycles. The van der Waals surface area contributed by atoms with E-state index in [1.807, 2.05) is 6.08 Å². The second kappa shape index (κ2) is 6.61. The molecule has 1 N–H and O–H groups in total. The van der Waals surface area contributed by atoms with Crippen molar-refractivity contribution in [3.63, 3.8) is 0 Å². The lowest BCUT2D eigenvalue weighted by atomic mass is 10.1. The Hall–Kier alpha value is -0.750. The molecule has 3 nitrogen and oxygen atoms in total. The molecule has 1 saturated heterocycles. The molecule has 2 aliphatic rings. The monoisotopic (exact) mass is 278 g/mol. The zero-order valence-corrected chi connectivity index (χ0v) is 11.0. The SMILES string of the molecule is FC(F)(F)CN1CCC(CNCC2CCC=CO2)C1. The molecule has 6 heteroatoms. The van der Waals surface area contributed by atoms with Gasteiger partial charge in [-0.15, -0.1) is 0 Å². The minimum Gasteiger partial charge on any atom is -0.497 e. The number of ether oxygens (including phenoxy) is 1. The van der Waals surface area contributed by atoms with Crippen LogP contribution in [0, 0.1) is 5.92 Å². The van der Waals surface area contributed by atoms with Crippen LogP contribution in [0.15, 0.2) is 12.3 Å². The normalized spacial score (nSPS) is 28.6. The average Bonchev–Trinajstić information content (AvgIpc) is 2.76. The predicted octanol–water partition coefficient (Wildman–Crippen LogP) is 2.15. The van der Waals surface area contributed by atoms with E-state index in [9.17, 15) is 13.2 Å². The molecule has 0 aromatic rings. The number of hydrogen-bond acceptors (Lipinski definition) is 3. The summed E-state index contributed by atoms with van der Waals surface area (Å²) in [6.07, 6.45) is 2.75. The lowest BCUT2D eigenvalue weighted by molar-refractivity contribution is -0.143. The third-order valence-corrected chi connectivity index (χ3v) is 3.60. The van der Waals surface area contributed by atoms with Gasteiger partial charge in [0.25, 0.3) is 0 Å². The van der Waals surface area contributed by atoms with E-state index >= 15 is 0 Å². The maximum Gasteiger partial charge on any atom is 0.401 e. The Balaban J connectivity index is 1.58. The summed E-state index contributed by atoms with van der Waals surface area (Å²) in [4.78, 5) is 1.49. The van der Waals surface area contributed by atoms with E-state index in [1.165, 1.54) is 4.90 Å². The number of alkyl halides is 3. The molecule has 0 spiro atoms. The minimum absolute atomic E-state index is 0.206. The third kappa shape index (κ3) is 5.40. The fourth-order valence-corrected chi connectivity index (χ4v) is 2.66. The molecule has 2 aliphatic heterocycles. The van der Waals surface area contributed by atoms with Crippen molar-refractivity contribution in [2.24, 2.45) is 5.92 Å². The Bertz CT molecular complexity index is 307. The first-order chi connectivity index (χ1) is 9.03. The van der Waals surface area contributed by atoms with Gasteiger partial charge in [0.1, 0.15) is 6.10 Å². The van der Waals surface area contributed by atoms with Crippen molar-refractivity contribution >= 4 is 0 Å². The second-order valence-corrected chi connectivity index (χ2v) is 5.37. The van der Waals surface area contributed by atoms with Crippen molar-refractivity contribution in [3.8, 4) is 0 Å². The highest BCUT2D eigenvalue weighted by molar-refractivity contribution is 4.84. The van der Waals surface area contributed by atoms with Crippen LogP contribution in [0.1, 0.15) is 19.3 Å². The molecule has 1 fully saturated rings. The Kier molecular flexibility index (Phi) is 5.10. The number of nitrogens with one attached hydrogen (secondary N) is 1. The minimum atomic E-state index is -4.08. The van der Waals surface area contributed by atoms with Crippen molar-refractivity contribution in [2.45, 2.75) is 31.5 Å². The summed E-state index contributed by atoms with van der Waals surface area (Å²) >= 11 is 0. The van der Waals surface area contributed by atoms with Crippen LogP contribution in [-0.2, 0) is 4.74 Å². The van der Waals surface area contributed by atoms with E-state index in [1.54, 1.807) is 6.26 Å². The highest BCUT2D eigenvalue weighted by Gasteiger charge is 2.34. The summed E-state index contributed by atoms with van der Waals surface area (Å²) in [7, 11) is 0. The molecule has 0 aliphatic carbocycles. The number of hydrogen-bond donors (Lipinski definition) is 1. The van der Waals surface area contributed by atoms with Gasteiger partial charge in [0.15, 0.2) is 0 Å². The van der Waals surface area contributed by atoms with Crippen molar-refractivity contribution in [3.05, 3.63) is 12.3 Å². The molecule has 0 aromatic carbocycles. The summed E-state index contributed by atoms with van der Waals surface area (Å²) < 4.78 is 42.2. The summed E-state index contributed by atoms with van der Waals surface area (Å²) in [6, 6.07) is 0. The Morgan fingerprint density at radius 3 is 2.79 bits per heavy atom. The van der Waals surface area contributed by atoms with Crippen LogP contribution in [0.3, 0.4) is 0 Å². The van der Waals surface area contributed by atoms with Crippen LogP contribution in [0.25, 0.3) is 0 Å². The molecule has 2 atom stereocenters. The number of allylic oxidation sites excluding steroid dienone is 1. The third-order valence-electron chi connectivity index (χ3n) is 3.60. The topological polar surface area (TPSA) is 24.5 Å². The summed E-state index contributed by atoms with van der Waals surface area (Å²) in [6.45, 7) is 1.87. The first-order valence-corrected chi connectivity index (χ1v) is 6.83. The maximum atomic E-state index is 12.2. The number of likely N-dealkylation sites (tertiary alicyclic amines) is 1. The fourth-order valence-electron chi connectivity index (χ4n) is 2.66. The van der Waals surface area contributed by atoms with Gasteiger partial charge >= 0.3 is 6.18 Å². The van der Waals surface area contributed by atoms with Crippen LogP contribution in [-0.4, -0.2) is 49.9 Å². The molecular weight excluding hydrogens is 257 g/mol. The summed E-state index contributed by atoms with van der Waals surface area (Å²) in [5, 5.41) is 3.31. The van der Waals surface area contributed by atoms with Gasteiger partial charge in [-0.2, -0.15) is 13.2 Å². The maximum absolute atomic E-state index is 12.2. The quantitative estimate of drug-likeness (QED) is 0.834. The van der Waals surface area contributed by atoms with Gasteiger partial charge in [0.2, 0.25) is 0 Å². The highest BCUT2D eigenvalue weighted by Crippen LogP contribution is 2.22. The summed E-state index contributed by atoms with van der Waals surface area (Å²) in [5.74, 6) is 0.321. The van der Waals surface area contributed by atoms with Gasteiger partial charge in [-0.25, -0.2) is 0 Å². The molecule has 2 unspecified atom stereocenters. The molecule has 110 valence electrons. The predicted molar refractivity (Wildman–Crippen MR) is 66.7 cm³/mol. The van der Waals surface area contributed by atoms with Gasteiger partial charge in [-0.3, -0.25) is 4.90 Å². The molecule has 2 heterocycles. The zero-order valence-electron chi connectivity index (χ0n) is 11.0. The summed E-state index contributed by atoms with van der Waals surface area (Å²) in [5.41, 5.74) is 0. The Labute approximate surface area is 111 Å². The number of halogens is 3. The molecular formula is C13H21F3N2O. The smallest absolute Gasteiger partial charge is 0.401 e. The average molecular weight is 278 g/mol. The van der Waals surface area contributed by atoms with E-state index in [-0.39, 0.29) is 6.10 Å². The fraction of sp³-hybridized carbons (Fsp3) is 0.846. The van der Waals surface area contributed by atoms with E-state index in [2.05, 4.69) is 5.32 Å². The highest BCUT2D eigenvalue weighted by atomic mass is 19.4. The van der Waals surface area contributed by atoms with Gasteiger partial charge in [-0.05, 0) is 44.3 Å². The lowest BCUT2D eigenvalue weighted by Crippen LogP contribution is -2.35. The first-order valence-electron chi connectivity index (χ1n) is 6.83. The number of nitrogens with zero attached hydrogens (tertiary/aromatic N) is 1. The van der Waals surface area contributed by atoms with Crippen LogP contribution < -0.4 is 5.32 Å². The van der Waals surface area contributed by atoms with Crippen LogP contribution in [0.5, 0.6) is 0 Å². The Morgan fingerprint density at radius 2 is 2.11 bits per heavy atom. The van der Waals surface area contributed by atoms with Crippen molar-refractivity contribution in [1.82, 2.24) is 10.2 Å². The standard InChI is InChI=1S/C13H21F3N2O/c14-13(15,16)10-18-5-4-11(9-18)7-17-8-12-3-1-2-6-19-12/h2,6,11-12,17H,1,3-5,7-10H2. The molecule has 0 radical (unpaired) electrons. The zero-order chi connectivity index (χ0) is 13.7.